The van der Waals surface area contributed by atoms with Gasteiger partial charge in [-0.05, 0) is 74.0 Å². The standard InChI is InChI=1S/C19H28O3/c1-18-7-5-12(20)9-11(18)3-4-13-14(18)6-8-19(2)15(13)10-16(21)17(19)22/h11-15,20H,3-10H2,1-2H3/t11?,12-,13-,14+,15+,18+,19+/m1/s1. The number of fused-ring (bicyclic) bond motifs is 5. The van der Waals surface area contributed by atoms with Crippen molar-refractivity contribution in [2.45, 2.75) is 71.3 Å². The Morgan fingerprint density at radius 2 is 1.77 bits per heavy atom. The summed E-state index contributed by atoms with van der Waals surface area (Å²) in [5.41, 5.74) is -0.0478. The topological polar surface area (TPSA) is 54.4 Å². The summed E-state index contributed by atoms with van der Waals surface area (Å²) in [5.74, 6) is 1.92. The Labute approximate surface area is 132 Å². The Morgan fingerprint density at radius 3 is 2.55 bits per heavy atom. The summed E-state index contributed by atoms with van der Waals surface area (Å²) < 4.78 is 0. The van der Waals surface area contributed by atoms with Gasteiger partial charge in [0.25, 0.3) is 0 Å². The molecule has 0 spiro atoms. The molecule has 0 saturated heterocycles. The zero-order chi connectivity index (χ0) is 15.7. The third-order valence-electron chi connectivity index (χ3n) is 8.20. The lowest BCUT2D eigenvalue weighted by atomic mass is 9.45. The lowest BCUT2D eigenvalue weighted by Gasteiger charge is -2.59. The first-order valence-corrected chi connectivity index (χ1v) is 9.12. The molecule has 0 radical (unpaired) electrons. The number of rotatable bonds is 0. The van der Waals surface area contributed by atoms with E-state index in [0.717, 1.165) is 38.5 Å². The van der Waals surface area contributed by atoms with Crippen molar-refractivity contribution in [1.82, 2.24) is 0 Å². The monoisotopic (exact) mass is 304 g/mol. The van der Waals surface area contributed by atoms with Crippen LogP contribution in [0.1, 0.15) is 65.2 Å². The van der Waals surface area contributed by atoms with Crippen molar-refractivity contribution in [1.29, 1.82) is 0 Å². The van der Waals surface area contributed by atoms with Crippen molar-refractivity contribution in [2.75, 3.05) is 0 Å². The van der Waals surface area contributed by atoms with E-state index in [4.69, 9.17) is 0 Å². The zero-order valence-corrected chi connectivity index (χ0v) is 13.8. The van der Waals surface area contributed by atoms with Crippen molar-refractivity contribution in [3.05, 3.63) is 0 Å². The fourth-order valence-corrected chi connectivity index (χ4v) is 6.82. The number of Topliss-reactive ketones (excluding diaryl/α,β-unsaturated/α-hetero) is 2. The van der Waals surface area contributed by atoms with E-state index < -0.39 is 0 Å². The number of aliphatic hydroxyl groups excluding tert-OH is 1. The molecule has 0 aromatic carbocycles. The van der Waals surface area contributed by atoms with Crippen LogP contribution in [0.15, 0.2) is 0 Å². The van der Waals surface area contributed by atoms with E-state index in [1.807, 2.05) is 0 Å². The third kappa shape index (κ3) is 1.78. The van der Waals surface area contributed by atoms with Crippen LogP contribution in [0.4, 0.5) is 0 Å². The van der Waals surface area contributed by atoms with Crippen LogP contribution in [0.25, 0.3) is 0 Å². The molecule has 1 N–H and O–H groups in total. The molecule has 0 aliphatic heterocycles. The first-order valence-electron chi connectivity index (χ1n) is 9.12. The molecule has 122 valence electrons. The highest BCUT2D eigenvalue weighted by Crippen LogP contribution is 2.64. The lowest BCUT2D eigenvalue weighted by Crippen LogP contribution is -2.54. The largest absolute Gasteiger partial charge is 0.393 e. The summed E-state index contributed by atoms with van der Waals surface area (Å²) in [6, 6.07) is 0. The fourth-order valence-electron chi connectivity index (χ4n) is 6.82. The normalized spacial score (nSPS) is 54.6. The lowest BCUT2D eigenvalue weighted by molar-refractivity contribution is -0.145. The van der Waals surface area contributed by atoms with Gasteiger partial charge in [0, 0.05) is 11.8 Å². The van der Waals surface area contributed by atoms with Crippen LogP contribution in [0.5, 0.6) is 0 Å². The quantitative estimate of drug-likeness (QED) is 0.700. The van der Waals surface area contributed by atoms with Gasteiger partial charge in [-0.3, -0.25) is 9.59 Å². The molecule has 3 heteroatoms. The van der Waals surface area contributed by atoms with Crippen LogP contribution >= 0.6 is 0 Å². The number of hydrogen-bond donors (Lipinski definition) is 1. The van der Waals surface area contributed by atoms with E-state index in [2.05, 4.69) is 13.8 Å². The molecular weight excluding hydrogens is 276 g/mol. The van der Waals surface area contributed by atoms with Crippen molar-refractivity contribution in [3.63, 3.8) is 0 Å². The van der Waals surface area contributed by atoms with E-state index in [0.29, 0.717) is 29.6 Å². The SMILES string of the molecule is C[C@]12CC[C@@H](O)CC1CC[C@@H]1[C@@H]2CC[C@]2(C)C(=O)C(=O)C[C@@H]12. The van der Waals surface area contributed by atoms with E-state index in [1.54, 1.807) is 0 Å². The molecule has 0 aromatic rings. The molecule has 3 nitrogen and oxygen atoms in total. The van der Waals surface area contributed by atoms with Crippen LogP contribution in [0.2, 0.25) is 0 Å². The zero-order valence-electron chi connectivity index (χ0n) is 13.8. The highest BCUT2D eigenvalue weighted by atomic mass is 16.3. The molecule has 22 heavy (non-hydrogen) atoms. The number of hydrogen-bond acceptors (Lipinski definition) is 3. The average Bonchev–Trinajstić information content (AvgIpc) is 2.72. The number of aliphatic hydroxyl groups is 1. The average molecular weight is 304 g/mol. The third-order valence-corrected chi connectivity index (χ3v) is 8.20. The summed E-state index contributed by atoms with van der Waals surface area (Å²) in [6.07, 6.45) is 7.70. The Morgan fingerprint density at radius 1 is 1.00 bits per heavy atom. The molecule has 4 aliphatic rings. The van der Waals surface area contributed by atoms with Gasteiger partial charge in [-0.25, -0.2) is 0 Å². The highest BCUT2D eigenvalue weighted by Gasteiger charge is 2.62. The van der Waals surface area contributed by atoms with Crippen molar-refractivity contribution < 1.29 is 14.7 Å². The van der Waals surface area contributed by atoms with Gasteiger partial charge in [0.1, 0.15) is 0 Å². The Balaban J connectivity index is 1.66. The second kappa shape index (κ2) is 4.66. The summed E-state index contributed by atoms with van der Waals surface area (Å²) in [4.78, 5) is 24.4. The smallest absolute Gasteiger partial charge is 0.204 e. The summed E-state index contributed by atoms with van der Waals surface area (Å²) in [7, 11) is 0. The van der Waals surface area contributed by atoms with Crippen molar-refractivity contribution >= 4 is 11.6 Å². The molecule has 4 fully saturated rings. The first kappa shape index (κ1) is 14.9. The number of carbonyl (C=O) groups is 2. The van der Waals surface area contributed by atoms with Gasteiger partial charge in [-0.15, -0.1) is 0 Å². The van der Waals surface area contributed by atoms with Gasteiger partial charge < -0.3 is 5.11 Å². The molecule has 0 heterocycles. The fraction of sp³-hybridized carbons (Fsp3) is 0.895. The summed E-state index contributed by atoms with van der Waals surface area (Å²) >= 11 is 0. The number of carbonyl (C=O) groups excluding carboxylic acids is 2. The molecule has 0 amide bonds. The Hall–Kier alpha value is -0.700. The molecule has 4 aliphatic carbocycles. The van der Waals surface area contributed by atoms with Crippen LogP contribution in [0, 0.1) is 34.5 Å². The predicted molar refractivity (Wildman–Crippen MR) is 83.1 cm³/mol. The molecule has 1 unspecified atom stereocenters. The summed E-state index contributed by atoms with van der Waals surface area (Å²) in [6.45, 7) is 4.49. The van der Waals surface area contributed by atoms with Crippen LogP contribution in [-0.4, -0.2) is 22.8 Å². The molecule has 7 atom stereocenters. The van der Waals surface area contributed by atoms with Crippen molar-refractivity contribution in [3.8, 4) is 0 Å². The molecule has 0 aromatic heterocycles. The number of ketones is 2. The predicted octanol–water partition coefficient (Wildman–Crippen LogP) is 3.14. The van der Waals surface area contributed by atoms with Crippen molar-refractivity contribution in [2.24, 2.45) is 34.5 Å². The van der Waals surface area contributed by atoms with E-state index in [9.17, 15) is 14.7 Å². The van der Waals surface area contributed by atoms with Gasteiger partial charge in [0.2, 0.25) is 5.78 Å². The maximum atomic E-state index is 12.4. The maximum absolute atomic E-state index is 12.4. The molecular formula is C19H28O3. The van der Waals surface area contributed by atoms with Crippen LogP contribution in [0.3, 0.4) is 0 Å². The van der Waals surface area contributed by atoms with Gasteiger partial charge in [0.15, 0.2) is 5.78 Å². The van der Waals surface area contributed by atoms with Crippen LogP contribution in [-0.2, 0) is 9.59 Å². The van der Waals surface area contributed by atoms with E-state index in [1.165, 1.54) is 6.42 Å². The minimum Gasteiger partial charge on any atom is -0.393 e. The van der Waals surface area contributed by atoms with E-state index in [-0.39, 0.29) is 29.0 Å². The Bertz CT molecular complexity index is 527. The summed E-state index contributed by atoms with van der Waals surface area (Å²) in [5, 5.41) is 10.0. The molecule has 0 bridgehead atoms. The van der Waals surface area contributed by atoms with E-state index >= 15 is 0 Å². The highest BCUT2D eigenvalue weighted by molar-refractivity contribution is 6.41. The Kier molecular flexibility index (Phi) is 3.15. The van der Waals surface area contributed by atoms with Gasteiger partial charge in [-0.1, -0.05) is 13.8 Å². The molecule has 4 rings (SSSR count). The minimum absolute atomic E-state index is 0.0812. The first-order chi connectivity index (χ1) is 10.4. The van der Waals surface area contributed by atoms with Gasteiger partial charge >= 0.3 is 0 Å². The second-order valence-corrected chi connectivity index (χ2v) is 9.00. The molecule has 4 saturated carbocycles. The van der Waals surface area contributed by atoms with Gasteiger partial charge in [-0.2, -0.15) is 0 Å². The maximum Gasteiger partial charge on any atom is 0.204 e. The van der Waals surface area contributed by atoms with Crippen LogP contribution < -0.4 is 0 Å². The minimum atomic E-state index is -0.365. The van der Waals surface area contributed by atoms with Gasteiger partial charge in [0.05, 0.1) is 6.10 Å². The second-order valence-electron chi connectivity index (χ2n) is 9.00.